The fraction of sp³-hybridized carbons (Fsp3) is 0. The molecule has 2 heteroatoms. The van der Waals surface area contributed by atoms with E-state index in [0.717, 1.165) is 5.69 Å². The highest BCUT2D eigenvalue weighted by Crippen LogP contribution is 2.41. The first kappa shape index (κ1) is 22.6. The topological polar surface area (TPSA) is 9.86 Å². The Labute approximate surface area is 233 Å². The maximum absolute atomic E-state index is 2.43. The van der Waals surface area contributed by atoms with Crippen LogP contribution in [0.3, 0.4) is 0 Å². The molecule has 0 unspecified atom stereocenters. The lowest BCUT2D eigenvalue weighted by Gasteiger charge is -2.12. The first-order chi connectivity index (χ1) is 19.9. The Balaban J connectivity index is 1.37. The molecule has 6 aromatic carbocycles. The van der Waals surface area contributed by atoms with Crippen LogP contribution in [-0.4, -0.2) is 9.13 Å². The van der Waals surface area contributed by atoms with Crippen LogP contribution in [0, 0.1) is 0 Å². The molecule has 0 saturated carbocycles. The van der Waals surface area contributed by atoms with E-state index in [-0.39, 0.29) is 0 Å². The summed E-state index contributed by atoms with van der Waals surface area (Å²) in [6.45, 7) is 0. The number of hydrogen-bond acceptors (Lipinski definition) is 0. The van der Waals surface area contributed by atoms with Gasteiger partial charge < -0.3 is 9.13 Å². The van der Waals surface area contributed by atoms with E-state index >= 15 is 0 Å². The van der Waals surface area contributed by atoms with Gasteiger partial charge in [-0.25, -0.2) is 0 Å². The van der Waals surface area contributed by atoms with E-state index < -0.39 is 0 Å². The number of hydrogen-bond donors (Lipinski definition) is 0. The lowest BCUT2D eigenvalue weighted by Crippen LogP contribution is -1.94. The molecule has 0 spiro atoms. The molecule has 0 aliphatic heterocycles. The molecule has 0 N–H and O–H groups in total. The number of para-hydroxylation sites is 3. The summed E-state index contributed by atoms with van der Waals surface area (Å²) in [5, 5.41) is 2.49. The third-order valence-corrected chi connectivity index (χ3v) is 7.93. The number of rotatable bonds is 4. The van der Waals surface area contributed by atoms with Gasteiger partial charge in [-0.3, -0.25) is 0 Å². The predicted octanol–water partition coefficient (Wildman–Crippen LogP) is 10.1. The zero-order valence-corrected chi connectivity index (χ0v) is 21.9. The fourth-order valence-electron chi connectivity index (χ4n) is 6.19. The molecular weight excluding hydrogens is 484 g/mol. The zero-order chi connectivity index (χ0) is 26.5. The number of aromatic nitrogens is 2. The van der Waals surface area contributed by atoms with Gasteiger partial charge in [-0.1, -0.05) is 121 Å². The van der Waals surface area contributed by atoms with Crippen LogP contribution in [0.4, 0.5) is 0 Å². The SMILES string of the molecule is c1ccc(-c2ccccc2-c2ccc(-n3c4ccccc4c4c3c3ccccc3n4-c3ccccc3)cc2)cc1. The molecule has 188 valence electrons. The molecule has 0 aliphatic carbocycles. The van der Waals surface area contributed by atoms with Gasteiger partial charge in [0.25, 0.3) is 0 Å². The van der Waals surface area contributed by atoms with E-state index in [2.05, 4.69) is 167 Å². The Morgan fingerprint density at radius 3 is 1.25 bits per heavy atom. The monoisotopic (exact) mass is 510 g/mol. The van der Waals surface area contributed by atoms with Crippen molar-refractivity contribution < 1.29 is 0 Å². The quantitative estimate of drug-likeness (QED) is 0.223. The standard InChI is InChI=1S/C38H26N2/c1-3-13-27(14-4-1)31-17-7-8-18-32(31)28-23-25-30(26-24-28)40-36-22-12-10-20-34(36)37-38(40)33-19-9-11-21-35(33)39(37)29-15-5-2-6-16-29/h1-26H. The van der Waals surface area contributed by atoms with Gasteiger partial charge in [0.1, 0.15) is 0 Å². The summed E-state index contributed by atoms with van der Waals surface area (Å²) in [7, 11) is 0. The molecule has 0 aliphatic rings. The van der Waals surface area contributed by atoms with Crippen LogP contribution in [0.15, 0.2) is 158 Å². The van der Waals surface area contributed by atoms with Gasteiger partial charge in [0.15, 0.2) is 0 Å². The lowest BCUT2D eigenvalue weighted by molar-refractivity contribution is 1.17. The number of fused-ring (bicyclic) bond motifs is 5. The second kappa shape index (κ2) is 9.14. The molecule has 0 saturated heterocycles. The highest BCUT2D eigenvalue weighted by atomic mass is 15.1. The minimum Gasteiger partial charge on any atom is -0.307 e. The van der Waals surface area contributed by atoms with Gasteiger partial charge in [0, 0.05) is 22.1 Å². The van der Waals surface area contributed by atoms with Crippen molar-refractivity contribution in [1.29, 1.82) is 0 Å². The third kappa shape index (κ3) is 3.43. The second-order valence-corrected chi connectivity index (χ2v) is 10.2. The minimum absolute atomic E-state index is 1.16. The van der Waals surface area contributed by atoms with E-state index in [4.69, 9.17) is 0 Å². The average molecular weight is 511 g/mol. The molecule has 2 aromatic heterocycles. The molecular formula is C38H26N2. The summed E-state index contributed by atoms with van der Waals surface area (Å²) >= 11 is 0. The third-order valence-electron chi connectivity index (χ3n) is 7.93. The lowest BCUT2D eigenvalue weighted by atomic mass is 9.94. The largest absolute Gasteiger partial charge is 0.307 e. The Bertz CT molecular complexity index is 2120. The molecule has 0 bridgehead atoms. The smallest absolute Gasteiger partial charge is 0.0803 e. The normalized spacial score (nSPS) is 11.5. The van der Waals surface area contributed by atoms with Crippen LogP contribution in [0.25, 0.3) is 66.5 Å². The second-order valence-electron chi connectivity index (χ2n) is 10.2. The Morgan fingerprint density at radius 2 is 0.700 bits per heavy atom. The molecule has 8 rings (SSSR count). The molecule has 2 nitrogen and oxygen atoms in total. The van der Waals surface area contributed by atoms with Crippen molar-refractivity contribution in [3.05, 3.63) is 158 Å². The fourth-order valence-corrected chi connectivity index (χ4v) is 6.19. The van der Waals surface area contributed by atoms with Crippen LogP contribution in [0.2, 0.25) is 0 Å². The summed E-state index contributed by atoms with van der Waals surface area (Å²) in [5.41, 5.74) is 12.1. The summed E-state index contributed by atoms with van der Waals surface area (Å²) in [6.07, 6.45) is 0. The van der Waals surface area contributed by atoms with Crippen molar-refractivity contribution in [3.63, 3.8) is 0 Å². The first-order valence-corrected chi connectivity index (χ1v) is 13.7. The Hall–Kier alpha value is -5.34. The van der Waals surface area contributed by atoms with Crippen LogP contribution in [0.1, 0.15) is 0 Å². The van der Waals surface area contributed by atoms with Crippen molar-refractivity contribution in [2.45, 2.75) is 0 Å². The first-order valence-electron chi connectivity index (χ1n) is 13.7. The molecule has 40 heavy (non-hydrogen) atoms. The van der Waals surface area contributed by atoms with Gasteiger partial charge in [-0.2, -0.15) is 0 Å². The van der Waals surface area contributed by atoms with Gasteiger partial charge in [0.2, 0.25) is 0 Å². The summed E-state index contributed by atoms with van der Waals surface area (Å²) in [6, 6.07) is 56.5. The molecule has 2 heterocycles. The van der Waals surface area contributed by atoms with E-state index in [0.29, 0.717) is 0 Å². The Morgan fingerprint density at radius 1 is 0.300 bits per heavy atom. The maximum atomic E-state index is 2.43. The van der Waals surface area contributed by atoms with Crippen molar-refractivity contribution in [2.24, 2.45) is 0 Å². The van der Waals surface area contributed by atoms with E-state index in [1.807, 2.05) is 0 Å². The van der Waals surface area contributed by atoms with Crippen molar-refractivity contribution >= 4 is 32.8 Å². The molecule has 0 radical (unpaired) electrons. The van der Waals surface area contributed by atoms with Crippen molar-refractivity contribution in [1.82, 2.24) is 9.13 Å². The maximum Gasteiger partial charge on any atom is 0.0803 e. The predicted molar refractivity (Wildman–Crippen MR) is 168 cm³/mol. The highest BCUT2D eigenvalue weighted by molar-refractivity contribution is 6.19. The molecule has 0 amide bonds. The highest BCUT2D eigenvalue weighted by Gasteiger charge is 2.21. The summed E-state index contributed by atoms with van der Waals surface area (Å²) < 4.78 is 4.84. The summed E-state index contributed by atoms with van der Waals surface area (Å²) in [4.78, 5) is 0. The van der Waals surface area contributed by atoms with Gasteiger partial charge in [0.05, 0.1) is 22.1 Å². The van der Waals surface area contributed by atoms with Crippen molar-refractivity contribution in [3.8, 4) is 33.6 Å². The number of nitrogens with zero attached hydrogens (tertiary/aromatic N) is 2. The molecule has 0 atom stereocenters. The van der Waals surface area contributed by atoms with Crippen LogP contribution in [-0.2, 0) is 0 Å². The van der Waals surface area contributed by atoms with Crippen LogP contribution < -0.4 is 0 Å². The van der Waals surface area contributed by atoms with Gasteiger partial charge in [-0.15, -0.1) is 0 Å². The minimum atomic E-state index is 1.16. The zero-order valence-electron chi connectivity index (χ0n) is 21.9. The summed E-state index contributed by atoms with van der Waals surface area (Å²) in [5.74, 6) is 0. The van der Waals surface area contributed by atoms with Gasteiger partial charge >= 0.3 is 0 Å². The molecule has 0 fully saturated rings. The van der Waals surface area contributed by atoms with Crippen molar-refractivity contribution in [2.75, 3.05) is 0 Å². The van der Waals surface area contributed by atoms with E-state index in [9.17, 15) is 0 Å². The van der Waals surface area contributed by atoms with E-state index in [1.165, 1.54) is 60.8 Å². The average Bonchev–Trinajstić information content (AvgIpc) is 3.55. The van der Waals surface area contributed by atoms with Gasteiger partial charge in [-0.05, 0) is 58.7 Å². The Kier molecular flexibility index (Phi) is 5.17. The van der Waals surface area contributed by atoms with Crippen LogP contribution >= 0.6 is 0 Å². The molecule has 8 aromatic rings. The number of benzene rings is 6. The van der Waals surface area contributed by atoms with Crippen LogP contribution in [0.5, 0.6) is 0 Å². The van der Waals surface area contributed by atoms with E-state index in [1.54, 1.807) is 0 Å².